The molecule has 8 heteroatoms. The summed E-state index contributed by atoms with van der Waals surface area (Å²) in [7, 11) is 1.46. The van der Waals surface area contributed by atoms with Crippen molar-refractivity contribution in [2.24, 2.45) is 7.05 Å². The van der Waals surface area contributed by atoms with Gasteiger partial charge < -0.3 is 4.98 Å². The molecule has 2 aromatic heterocycles. The molecule has 0 atom stereocenters. The van der Waals surface area contributed by atoms with E-state index in [-0.39, 0.29) is 0 Å². The molecule has 0 spiro atoms. The van der Waals surface area contributed by atoms with Gasteiger partial charge in [-0.05, 0) is 42.5 Å². The molecule has 0 bridgehead atoms. The van der Waals surface area contributed by atoms with E-state index < -0.39 is 17.7 Å². The molecule has 2 aromatic carbocycles. The number of H-pyrrole nitrogens is 1. The number of benzene rings is 2. The zero-order valence-corrected chi connectivity index (χ0v) is 14.7. The molecular formula is C19H12ClF4N3. The number of aryl methyl sites for hydroxylation is 1. The predicted molar refractivity (Wildman–Crippen MR) is 95.9 cm³/mol. The van der Waals surface area contributed by atoms with Crippen LogP contribution in [-0.4, -0.2) is 14.8 Å². The first kappa shape index (κ1) is 17.6. The first-order chi connectivity index (χ1) is 12.7. The Morgan fingerprint density at radius 2 is 1.81 bits per heavy atom. The lowest BCUT2D eigenvalue weighted by Gasteiger charge is -2.01. The largest absolute Gasteiger partial charge is 0.435 e. The fourth-order valence-electron chi connectivity index (χ4n) is 3.02. The minimum atomic E-state index is -4.50. The second kappa shape index (κ2) is 6.13. The average molecular weight is 394 g/mol. The highest BCUT2D eigenvalue weighted by Gasteiger charge is 2.34. The van der Waals surface area contributed by atoms with Crippen LogP contribution in [0.3, 0.4) is 0 Å². The Bertz CT molecular complexity index is 1160. The third-order valence-electron chi connectivity index (χ3n) is 4.31. The molecule has 0 saturated heterocycles. The summed E-state index contributed by atoms with van der Waals surface area (Å²) in [5, 5.41) is 4.69. The van der Waals surface area contributed by atoms with Crippen LogP contribution in [0.2, 0.25) is 5.02 Å². The van der Waals surface area contributed by atoms with Crippen molar-refractivity contribution in [3.63, 3.8) is 0 Å². The van der Waals surface area contributed by atoms with Crippen molar-refractivity contribution in [3.8, 4) is 22.5 Å². The molecule has 27 heavy (non-hydrogen) atoms. The van der Waals surface area contributed by atoms with Gasteiger partial charge in [0, 0.05) is 34.8 Å². The van der Waals surface area contributed by atoms with Crippen LogP contribution in [0.1, 0.15) is 5.69 Å². The molecular weight excluding hydrogens is 382 g/mol. The number of aromatic nitrogens is 3. The van der Waals surface area contributed by atoms with Crippen molar-refractivity contribution in [2.45, 2.75) is 6.18 Å². The Balaban J connectivity index is 1.80. The topological polar surface area (TPSA) is 33.6 Å². The van der Waals surface area contributed by atoms with Crippen molar-refractivity contribution in [1.29, 1.82) is 0 Å². The summed E-state index contributed by atoms with van der Waals surface area (Å²) in [5.41, 5.74) is 1.87. The van der Waals surface area contributed by atoms with E-state index in [1.54, 1.807) is 24.3 Å². The fourth-order valence-corrected chi connectivity index (χ4v) is 3.24. The van der Waals surface area contributed by atoms with Gasteiger partial charge in [0.05, 0.1) is 10.7 Å². The van der Waals surface area contributed by atoms with Crippen molar-refractivity contribution in [2.75, 3.05) is 0 Å². The second-order valence-electron chi connectivity index (χ2n) is 6.15. The fraction of sp³-hybridized carbons (Fsp3) is 0.105. The molecule has 2 heterocycles. The van der Waals surface area contributed by atoms with E-state index in [9.17, 15) is 17.6 Å². The van der Waals surface area contributed by atoms with Gasteiger partial charge in [-0.25, -0.2) is 4.39 Å². The number of fused-ring (bicyclic) bond motifs is 1. The Morgan fingerprint density at radius 3 is 2.52 bits per heavy atom. The molecule has 0 amide bonds. The van der Waals surface area contributed by atoms with E-state index >= 15 is 0 Å². The molecule has 4 aromatic rings. The van der Waals surface area contributed by atoms with Gasteiger partial charge in [-0.3, -0.25) is 4.68 Å². The smallest absolute Gasteiger partial charge is 0.354 e. The lowest BCUT2D eigenvalue weighted by atomic mass is 10.1. The maximum absolute atomic E-state index is 13.5. The number of nitrogens with one attached hydrogen (secondary N) is 1. The van der Waals surface area contributed by atoms with E-state index in [2.05, 4.69) is 10.1 Å². The van der Waals surface area contributed by atoms with E-state index in [0.29, 0.717) is 27.5 Å². The minimum Gasteiger partial charge on any atom is -0.354 e. The van der Waals surface area contributed by atoms with Crippen LogP contribution in [0.4, 0.5) is 17.6 Å². The summed E-state index contributed by atoms with van der Waals surface area (Å²) >= 11 is 6.15. The Hall–Kier alpha value is -2.80. The molecule has 0 aliphatic heterocycles. The monoisotopic (exact) mass is 393 g/mol. The quantitative estimate of drug-likeness (QED) is 0.413. The lowest BCUT2D eigenvalue weighted by molar-refractivity contribution is -0.141. The van der Waals surface area contributed by atoms with E-state index in [1.807, 2.05) is 0 Å². The molecule has 0 fully saturated rings. The van der Waals surface area contributed by atoms with Crippen molar-refractivity contribution in [3.05, 3.63) is 65.1 Å². The SMILES string of the molecule is Cn1nc(C(F)(F)F)cc1-c1ccc2[nH]c(-c3cc(F)ccc3Cl)cc2c1. The zero-order valence-electron chi connectivity index (χ0n) is 13.9. The molecule has 0 aliphatic carbocycles. The standard InChI is InChI=1S/C19H12ClF4N3/c1-27-17(9-18(26-27)19(22,23)24)10-2-5-15-11(6-10)7-16(25-15)13-8-12(21)3-4-14(13)20/h2-9,25H,1H3. The van der Waals surface area contributed by atoms with Crippen LogP contribution >= 0.6 is 11.6 Å². The van der Waals surface area contributed by atoms with Crippen molar-refractivity contribution < 1.29 is 17.6 Å². The van der Waals surface area contributed by atoms with Crippen LogP contribution in [0.5, 0.6) is 0 Å². The molecule has 0 saturated carbocycles. The summed E-state index contributed by atoms with van der Waals surface area (Å²) in [6.07, 6.45) is -4.50. The molecule has 138 valence electrons. The Morgan fingerprint density at radius 1 is 1.04 bits per heavy atom. The van der Waals surface area contributed by atoms with Crippen LogP contribution in [-0.2, 0) is 13.2 Å². The van der Waals surface area contributed by atoms with Gasteiger partial charge in [-0.15, -0.1) is 0 Å². The Labute approximate surface area is 156 Å². The highest BCUT2D eigenvalue weighted by molar-refractivity contribution is 6.33. The number of aromatic amines is 1. The van der Waals surface area contributed by atoms with Gasteiger partial charge in [0.1, 0.15) is 5.82 Å². The zero-order chi connectivity index (χ0) is 19.3. The molecule has 3 nitrogen and oxygen atoms in total. The molecule has 4 rings (SSSR count). The highest BCUT2D eigenvalue weighted by Crippen LogP contribution is 2.34. The normalized spacial score (nSPS) is 12.1. The van der Waals surface area contributed by atoms with Gasteiger partial charge in [0.25, 0.3) is 0 Å². The number of hydrogen-bond acceptors (Lipinski definition) is 1. The number of alkyl halides is 3. The Kier molecular flexibility index (Phi) is 3.99. The number of hydrogen-bond donors (Lipinski definition) is 1. The number of nitrogens with zero attached hydrogens (tertiary/aromatic N) is 2. The molecule has 0 aliphatic rings. The first-order valence-electron chi connectivity index (χ1n) is 7.92. The summed E-state index contributed by atoms with van der Waals surface area (Å²) in [5.74, 6) is -0.414. The third-order valence-corrected chi connectivity index (χ3v) is 4.63. The van der Waals surface area contributed by atoms with Crippen LogP contribution < -0.4 is 0 Å². The van der Waals surface area contributed by atoms with Crippen molar-refractivity contribution >= 4 is 22.5 Å². The highest BCUT2D eigenvalue weighted by atomic mass is 35.5. The summed E-state index contributed by atoms with van der Waals surface area (Å²) in [4.78, 5) is 3.15. The second-order valence-corrected chi connectivity index (χ2v) is 6.55. The first-order valence-corrected chi connectivity index (χ1v) is 8.30. The van der Waals surface area contributed by atoms with Crippen molar-refractivity contribution in [1.82, 2.24) is 14.8 Å². The maximum Gasteiger partial charge on any atom is 0.435 e. The molecule has 0 radical (unpaired) electrons. The van der Waals surface area contributed by atoms with E-state index in [0.717, 1.165) is 17.0 Å². The maximum atomic E-state index is 13.5. The van der Waals surface area contributed by atoms with Crippen LogP contribution in [0, 0.1) is 5.82 Å². The third kappa shape index (κ3) is 3.19. The minimum absolute atomic E-state index is 0.343. The van der Waals surface area contributed by atoms with Crippen LogP contribution in [0.15, 0.2) is 48.5 Å². The molecule has 1 N–H and O–H groups in total. The number of halogens is 5. The number of rotatable bonds is 2. The van der Waals surface area contributed by atoms with Crippen LogP contribution in [0.25, 0.3) is 33.4 Å². The predicted octanol–water partition coefficient (Wildman–Crippen LogP) is 6.05. The summed E-state index contributed by atoms with van der Waals surface area (Å²) < 4.78 is 53.4. The summed E-state index contributed by atoms with van der Waals surface area (Å²) in [6, 6.07) is 12.1. The van der Waals surface area contributed by atoms with Gasteiger partial charge in [-0.2, -0.15) is 18.3 Å². The lowest BCUT2D eigenvalue weighted by Crippen LogP contribution is -2.06. The van der Waals surface area contributed by atoms with E-state index in [1.165, 1.54) is 29.9 Å². The van der Waals surface area contributed by atoms with Gasteiger partial charge in [0.2, 0.25) is 0 Å². The van der Waals surface area contributed by atoms with Gasteiger partial charge in [-0.1, -0.05) is 17.7 Å². The average Bonchev–Trinajstić information content (AvgIpc) is 3.19. The summed E-state index contributed by atoms with van der Waals surface area (Å²) in [6.45, 7) is 0. The van der Waals surface area contributed by atoms with E-state index in [4.69, 9.17) is 11.6 Å². The molecule has 0 unspecified atom stereocenters. The van der Waals surface area contributed by atoms with Gasteiger partial charge >= 0.3 is 6.18 Å². The van der Waals surface area contributed by atoms with Gasteiger partial charge in [0.15, 0.2) is 5.69 Å².